The van der Waals surface area contributed by atoms with Crippen LogP contribution in [0, 0.1) is 0 Å². The summed E-state index contributed by atoms with van der Waals surface area (Å²) in [4.78, 5) is 17.4. The fourth-order valence-electron chi connectivity index (χ4n) is 3.48. The van der Waals surface area contributed by atoms with Gasteiger partial charge in [0.1, 0.15) is 6.33 Å². The lowest BCUT2D eigenvalue weighted by Gasteiger charge is -2.35. The Morgan fingerprint density at radius 2 is 1.64 bits per heavy atom. The van der Waals surface area contributed by atoms with Crippen molar-refractivity contribution in [2.45, 2.75) is 25.1 Å². The molecule has 11 heteroatoms. The molecular formula is C17H17F3N8. The van der Waals surface area contributed by atoms with Crippen molar-refractivity contribution >= 4 is 22.8 Å². The maximum atomic E-state index is 12.6. The Morgan fingerprint density at radius 1 is 0.893 bits per heavy atom. The van der Waals surface area contributed by atoms with Gasteiger partial charge in [-0.2, -0.15) is 13.2 Å². The fourth-order valence-corrected chi connectivity index (χ4v) is 3.48. The molecule has 4 heterocycles. The molecule has 0 atom stereocenters. The lowest BCUT2D eigenvalue weighted by Crippen LogP contribution is -2.47. The van der Waals surface area contributed by atoms with Gasteiger partial charge in [-0.1, -0.05) is 0 Å². The minimum Gasteiger partial charge on any atom is -0.352 e. The molecule has 1 saturated carbocycles. The smallest absolute Gasteiger partial charge is 0.352 e. The zero-order chi connectivity index (χ0) is 19.3. The number of fused-ring (bicyclic) bond motifs is 1. The van der Waals surface area contributed by atoms with Gasteiger partial charge in [0.2, 0.25) is 0 Å². The molecule has 0 spiro atoms. The first-order valence-electron chi connectivity index (χ1n) is 9.09. The van der Waals surface area contributed by atoms with Crippen LogP contribution in [-0.2, 0) is 6.18 Å². The monoisotopic (exact) mass is 390 g/mol. The van der Waals surface area contributed by atoms with E-state index < -0.39 is 11.9 Å². The van der Waals surface area contributed by atoms with Gasteiger partial charge in [0, 0.05) is 32.2 Å². The second-order valence-corrected chi connectivity index (χ2v) is 7.00. The van der Waals surface area contributed by atoms with Crippen LogP contribution >= 0.6 is 0 Å². The third-order valence-electron chi connectivity index (χ3n) is 5.12. The second kappa shape index (κ2) is 6.28. The number of hydrogen-bond acceptors (Lipinski definition) is 7. The third kappa shape index (κ3) is 3.00. The minimum absolute atomic E-state index is 0.443. The number of hydrogen-bond donors (Lipinski definition) is 0. The molecule has 0 amide bonds. The number of halogens is 3. The minimum atomic E-state index is -4.48. The van der Waals surface area contributed by atoms with Gasteiger partial charge in [-0.15, -0.1) is 10.2 Å². The molecule has 1 aliphatic heterocycles. The van der Waals surface area contributed by atoms with Crippen LogP contribution in [0.25, 0.3) is 11.2 Å². The van der Waals surface area contributed by atoms with Gasteiger partial charge < -0.3 is 14.4 Å². The third-order valence-corrected chi connectivity index (χ3v) is 5.12. The zero-order valence-electron chi connectivity index (χ0n) is 14.8. The first-order valence-corrected chi connectivity index (χ1v) is 9.09. The molecule has 8 nitrogen and oxygen atoms in total. The lowest BCUT2D eigenvalue weighted by atomic mass is 10.3. The van der Waals surface area contributed by atoms with Crippen LogP contribution in [0.4, 0.5) is 24.8 Å². The van der Waals surface area contributed by atoms with E-state index in [0.29, 0.717) is 38.0 Å². The normalized spacial score (nSPS) is 18.1. The number of nitrogens with zero attached hydrogens (tertiary/aromatic N) is 8. The van der Waals surface area contributed by atoms with Crippen molar-refractivity contribution in [2.75, 3.05) is 36.0 Å². The van der Waals surface area contributed by atoms with Crippen molar-refractivity contribution in [2.24, 2.45) is 0 Å². The standard InChI is InChI=1S/C17H17F3N8/c18-17(19,20)12-3-4-13(25-24-12)26-5-7-27(8-6-26)15-14-16(22-9-21-15)28(10-23-14)11-1-2-11/h3-4,9-11H,1-2,5-8H2. The van der Waals surface area contributed by atoms with E-state index in [1.807, 2.05) is 11.2 Å². The van der Waals surface area contributed by atoms with Gasteiger partial charge in [0.05, 0.1) is 6.33 Å². The van der Waals surface area contributed by atoms with Crippen LogP contribution in [0.3, 0.4) is 0 Å². The van der Waals surface area contributed by atoms with Gasteiger partial charge in [-0.05, 0) is 25.0 Å². The molecule has 28 heavy (non-hydrogen) atoms. The van der Waals surface area contributed by atoms with E-state index in [0.717, 1.165) is 35.9 Å². The van der Waals surface area contributed by atoms with Crippen LogP contribution in [0.5, 0.6) is 0 Å². The van der Waals surface area contributed by atoms with E-state index in [2.05, 4.69) is 34.6 Å². The summed E-state index contributed by atoms with van der Waals surface area (Å²) in [6.07, 6.45) is 1.21. The van der Waals surface area contributed by atoms with E-state index in [-0.39, 0.29) is 0 Å². The van der Waals surface area contributed by atoms with E-state index in [4.69, 9.17) is 0 Å². The van der Waals surface area contributed by atoms with Gasteiger partial charge in [-0.25, -0.2) is 15.0 Å². The van der Waals surface area contributed by atoms with E-state index in [1.165, 1.54) is 6.07 Å². The van der Waals surface area contributed by atoms with E-state index in [1.54, 1.807) is 6.33 Å². The number of piperazine rings is 1. The lowest BCUT2D eigenvalue weighted by molar-refractivity contribution is -0.141. The highest BCUT2D eigenvalue weighted by molar-refractivity contribution is 5.83. The summed E-state index contributed by atoms with van der Waals surface area (Å²) in [5.74, 6) is 1.24. The van der Waals surface area contributed by atoms with Crippen molar-refractivity contribution < 1.29 is 13.2 Å². The number of imidazole rings is 1. The highest BCUT2D eigenvalue weighted by atomic mass is 19.4. The SMILES string of the molecule is FC(F)(F)c1ccc(N2CCN(c3ncnc4c3ncn4C3CC3)CC2)nn1. The van der Waals surface area contributed by atoms with Gasteiger partial charge in [0.25, 0.3) is 0 Å². The number of aromatic nitrogens is 6. The molecule has 3 aromatic heterocycles. The van der Waals surface area contributed by atoms with Crippen LogP contribution in [0.1, 0.15) is 24.6 Å². The predicted octanol–water partition coefficient (Wildman–Crippen LogP) is 2.30. The summed E-state index contributed by atoms with van der Waals surface area (Å²) in [5, 5.41) is 7.05. The van der Waals surface area contributed by atoms with Crippen LogP contribution in [0.15, 0.2) is 24.8 Å². The molecule has 5 rings (SSSR count). The van der Waals surface area contributed by atoms with Crippen molar-refractivity contribution in [1.29, 1.82) is 0 Å². The van der Waals surface area contributed by atoms with Gasteiger partial charge in [0.15, 0.2) is 28.5 Å². The molecule has 0 radical (unpaired) electrons. The van der Waals surface area contributed by atoms with Gasteiger partial charge >= 0.3 is 6.18 Å². The largest absolute Gasteiger partial charge is 0.435 e. The molecule has 0 bridgehead atoms. The molecule has 146 valence electrons. The highest BCUT2D eigenvalue weighted by Gasteiger charge is 2.33. The van der Waals surface area contributed by atoms with E-state index in [9.17, 15) is 13.2 Å². The maximum absolute atomic E-state index is 12.6. The average molecular weight is 390 g/mol. The summed E-state index contributed by atoms with van der Waals surface area (Å²) in [6, 6.07) is 2.82. The number of anilines is 2. The quantitative estimate of drug-likeness (QED) is 0.679. The van der Waals surface area contributed by atoms with Crippen molar-refractivity contribution in [3.8, 4) is 0 Å². The molecule has 0 aromatic carbocycles. The second-order valence-electron chi connectivity index (χ2n) is 7.00. The molecule has 0 N–H and O–H groups in total. The van der Waals surface area contributed by atoms with Crippen molar-refractivity contribution in [3.63, 3.8) is 0 Å². The summed E-state index contributed by atoms with van der Waals surface area (Å²) in [5.41, 5.74) is 0.658. The highest BCUT2D eigenvalue weighted by Crippen LogP contribution is 2.37. The van der Waals surface area contributed by atoms with Crippen LogP contribution in [-0.4, -0.2) is 55.9 Å². The maximum Gasteiger partial charge on any atom is 0.435 e. The number of rotatable bonds is 3. The first-order chi connectivity index (χ1) is 13.5. The fraction of sp³-hybridized carbons (Fsp3) is 0.471. The Labute approximate surface area is 158 Å². The molecule has 1 saturated heterocycles. The topological polar surface area (TPSA) is 75.9 Å². The molecule has 1 aliphatic carbocycles. The average Bonchev–Trinajstić information content (AvgIpc) is 3.46. The van der Waals surface area contributed by atoms with Gasteiger partial charge in [-0.3, -0.25) is 0 Å². The van der Waals surface area contributed by atoms with Crippen molar-refractivity contribution in [3.05, 3.63) is 30.5 Å². The van der Waals surface area contributed by atoms with Crippen LogP contribution in [0.2, 0.25) is 0 Å². The molecule has 2 fully saturated rings. The number of alkyl halides is 3. The molecule has 0 unspecified atom stereocenters. The zero-order valence-corrected chi connectivity index (χ0v) is 14.8. The molecular weight excluding hydrogens is 373 g/mol. The van der Waals surface area contributed by atoms with Crippen LogP contribution < -0.4 is 9.80 Å². The first kappa shape index (κ1) is 17.1. The van der Waals surface area contributed by atoms with E-state index >= 15 is 0 Å². The van der Waals surface area contributed by atoms with Crippen molar-refractivity contribution in [1.82, 2.24) is 29.7 Å². The molecule has 3 aromatic rings. The summed E-state index contributed by atoms with van der Waals surface area (Å²) >= 11 is 0. The Balaban J connectivity index is 1.32. The summed E-state index contributed by atoms with van der Waals surface area (Å²) in [6.45, 7) is 2.53. The summed E-state index contributed by atoms with van der Waals surface area (Å²) < 4.78 is 40.0. The molecule has 2 aliphatic rings. The Bertz CT molecular complexity index is 988. The summed E-state index contributed by atoms with van der Waals surface area (Å²) in [7, 11) is 0. The Hall–Kier alpha value is -2.98. The Morgan fingerprint density at radius 3 is 2.29 bits per heavy atom. The Kier molecular flexibility index (Phi) is 3.84. The predicted molar refractivity (Wildman–Crippen MR) is 95.1 cm³/mol.